The first kappa shape index (κ1) is 21.2. The summed E-state index contributed by atoms with van der Waals surface area (Å²) < 4.78 is 26.4. The van der Waals surface area contributed by atoms with Crippen molar-refractivity contribution in [2.45, 2.75) is 26.3 Å². The molecule has 0 radical (unpaired) electrons. The number of carbonyl (C=O) groups is 2. The van der Waals surface area contributed by atoms with Gasteiger partial charge in [0.15, 0.2) is 0 Å². The Labute approximate surface area is 174 Å². The van der Waals surface area contributed by atoms with E-state index in [2.05, 4.69) is 5.32 Å². The second kappa shape index (κ2) is 9.78. The van der Waals surface area contributed by atoms with E-state index in [-0.39, 0.29) is 24.1 Å². The average Bonchev–Trinajstić information content (AvgIpc) is 2.73. The highest BCUT2D eigenvalue weighted by atomic mass is 19.1. The van der Waals surface area contributed by atoms with Gasteiger partial charge in [-0.05, 0) is 53.6 Å². The summed E-state index contributed by atoms with van der Waals surface area (Å²) in [6, 6.07) is 18.9. The zero-order chi connectivity index (χ0) is 21.5. The topological polar surface area (TPSA) is 49.4 Å². The molecule has 0 aliphatic rings. The van der Waals surface area contributed by atoms with Gasteiger partial charge >= 0.3 is 0 Å². The highest BCUT2D eigenvalue weighted by molar-refractivity contribution is 5.94. The highest BCUT2D eigenvalue weighted by Crippen LogP contribution is 2.20. The Balaban J connectivity index is 1.69. The van der Waals surface area contributed by atoms with E-state index in [1.54, 1.807) is 54.3 Å². The summed E-state index contributed by atoms with van der Waals surface area (Å²) in [7, 11) is 0. The third-order valence-corrected chi connectivity index (χ3v) is 4.58. The maximum atomic E-state index is 13.2. The molecule has 0 aliphatic carbocycles. The fraction of sp³-hybridized carbons (Fsp3) is 0.167. The van der Waals surface area contributed by atoms with E-state index in [4.69, 9.17) is 0 Å². The van der Waals surface area contributed by atoms with Crippen LogP contribution >= 0.6 is 0 Å². The molecular weight excluding hydrogens is 386 g/mol. The van der Waals surface area contributed by atoms with Gasteiger partial charge in [-0.3, -0.25) is 9.59 Å². The van der Waals surface area contributed by atoms with E-state index in [1.165, 1.54) is 30.3 Å². The van der Waals surface area contributed by atoms with Gasteiger partial charge in [0.05, 0.1) is 13.0 Å². The molecule has 0 bridgehead atoms. The number of benzene rings is 3. The lowest BCUT2D eigenvalue weighted by Crippen LogP contribution is -2.29. The van der Waals surface area contributed by atoms with E-state index in [0.29, 0.717) is 24.3 Å². The lowest BCUT2D eigenvalue weighted by Gasteiger charge is -2.23. The SMILES string of the molecule is CCC(=O)N(Cc1ccc(F)cc1)c1ccc(CC(=O)Nc2cccc(F)c2)cc1. The third-order valence-electron chi connectivity index (χ3n) is 4.58. The van der Waals surface area contributed by atoms with E-state index in [0.717, 1.165) is 11.1 Å². The van der Waals surface area contributed by atoms with Crippen molar-refractivity contribution in [3.8, 4) is 0 Å². The van der Waals surface area contributed by atoms with Gasteiger partial charge in [-0.25, -0.2) is 8.78 Å². The molecule has 30 heavy (non-hydrogen) atoms. The summed E-state index contributed by atoms with van der Waals surface area (Å²) in [6.07, 6.45) is 0.454. The molecule has 0 saturated carbocycles. The Morgan fingerprint density at radius 1 is 0.867 bits per heavy atom. The quantitative estimate of drug-likeness (QED) is 0.592. The predicted molar refractivity (Wildman–Crippen MR) is 113 cm³/mol. The first-order valence-corrected chi connectivity index (χ1v) is 9.64. The summed E-state index contributed by atoms with van der Waals surface area (Å²) >= 11 is 0. The molecule has 0 saturated heterocycles. The van der Waals surface area contributed by atoms with Crippen LogP contribution in [0.1, 0.15) is 24.5 Å². The second-order valence-electron chi connectivity index (χ2n) is 6.86. The van der Waals surface area contributed by atoms with Gasteiger partial charge in [0.2, 0.25) is 11.8 Å². The molecule has 6 heteroatoms. The number of nitrogens with zero attached hydrogens (tertiary/aromatic N) is 1. The molecular formula is C24H22F2N2O2. The van der Waals surface area contributed by atoms with E-state index in [9.17, 15) is 18.4 Å². The summed E-state index contributed by atoms with van der Waals surface area (Å²) in [4.78, 5) is 26.3. The highest BCUT2D eigenvalue weighted by Gasteiger charge is 2.15. The number of rotatable bonds is 7. The zero-order valence-corrected chi connectivity index (χ0v) is 16.6. The molecule has 3 aromatic rings. The Morgan fingerprint density at radius 2 is 1.53 bits per heavy atom. The number of hydrogen-bond acceptors (Lipinski definition) is 2. The molecule has 4 nitrogen and oxygen atoms in total. The maximum Gasteiger partial charge on any atom is 0.228 e. The van der Waals surface area contributed by atoms with Gasteiger partial charge in [0.25, 0.3) is 0 Å². The van der Waals surface area contributed by atoms with Gasteiger partial charge in [-0.2, -0.15) is 0 Å². The van der Waals surface area contributed by atoms with Crippen LogP contribution in [-0.4, -0.2) is 11.8 Å². The Bertz CT molecular complexity index is 1020. The first-order valence-electron chi connectivity index (χ1n) is 9.64. The van der Waals surface area contributed by atoms with Crippen LogP contribution < -0.4 is 10.2 Å². The minimum absolute atomic E-state index is 0.0593. The van der Waals surface area contributed by atoms with Crippen LogP contribution in [0.25, 0.3) is 0 Å². The molecule has 3 aromatic carbocycles. The number of halogens is 2. The number of anilines is 2. The summed E-state index contributed by atoms with van der Waals surface area (Å²) in [5.74, 6) is -1.07. The minimum atomic E-state index is -0.418. The monoisotopic (exact) mass is 408 g/mol. The molecule has 154 valence electrons. The molecule has 0 aromatic heterocycles. The lowest BCUT2D eigenvalue weighted by atomic mass is 10.1. The van der Waals surface area contributed by atoms with Gasteiger partial charge in [-0.1, -0.05) is 37.3 Å². The van der Waals surface area contributed by atoms with Crippen molar-refractivity contribution in [1.82, 2.24) is 0 Å². The minimum Gasteiger partial charge on any atom is -0.326 e. The Kier molecular flexibility index (Phi) is 6.91. The van der Waals surface area contributed by atoms with Crippen molar-refractivity contribution in [3.63, 3.8) is 0 Å². The van der Waals surface area contributed by atoms with E-state index < -0.39 is 5.82 Å². The van der Waals surface area contributed by atoms with Gasteiger partial charge < -0.3 is 10.2 Å². The number of hydrogen-bond donors (Lipinski definition) is 1. The Morgan fingerprint density at radius 3 is 2.17 bits per heavy atom. The first-order chi connectivity index (χ1) is 14.4. The maximum absolute atomic E-state index is 13.2. The van der Waals surface area contributed by atoms with Gasteiger partial charge in [0, 0.05) is 17.8 Å². The molecule has 0 heterocycles. The van der Waals surface area contributed by atoms with Crippen molar-refractivity contribution in [2.75, 3.05) is 10.2 Å². The molecule has 3 rings (SSSR count). The van der Waals surface area contributed by atoms with Crippen LogP contribution in [0.5, 0.6) is 0 Å². The number of carbonyl (C=O) groups excluding carboxylic acids is 2. The summed E-state index contributed by atoms with van der Waals surface area (Å²) in [6.45, 7) is 2.11. The largest absolute Gasteiger partial charge is 0.326 e. The molecule has 0 atom stereocenters. The average molecular weight is 408 g/mol. The van der Waals surface area contributed by atoms with Crippen molar-refractivity contribution < 1.29 is 18.4 Å². The second-order valence-corrected chi connectivity index (χ2v) is 6.86. The number of amides is 2. The molecule has 1 N–H and O–H groups in total. The van der Waals surface area contributed by atoms with Gasteiger partial charge in [-0.15, -0.1) is 0 Å². The lowest BCUT2D eigenvalue weighted by molar-refractivity contribution is -0.118. The fourth-order valence-electron chi connectivity index (χ4n) is 3.04. The van der Waals surface area contributed by atoms with Crippen molar-refractivity contribution in [3.05, 3.63) is 95.6 Å². The summed E-state index contributed by atoms with van der Waals surface area (Å²) in [5.41, 5.74) is 2.67. The molecule has 2 amide bonds. The standard InChI is InChI=1S/C24H22F2N2O2/c1-2-24(30)28(16-18-6-10-19(25)11-7-18)22-12-8-17(9-13-22)14-23(29)27-21-5-3-4-20(26)15-21/h3-13,15H,2,14,16H2,1H3,(H,27,29). The smallest absolute Gasteiger partial charge is 0.228 e. The zero-order valence-electron chi connectivity index (χ0n) is 16.6. The van der Waals surface area contributed by atoms with Crippen molar-refractivity contribution in [2.24, 2.45) is 0 Å². The van der Waals surface area contributed by atoms with Gasteiger partial charge in [0.1, 0.15) is 11.6 Å². The van der Waals surface area contributed by atoms with Crippen LogP contribution in [0.2, 0.25) is 0 Å². The third kappa shape index (κ3) is 5.73. The van der Waals surface area contributed by atoms with Crippen LogP contribution in [0, 0.1) is 11.6 Å². The normalized spacial score (nSPS) is 10.5. The molecule has 0 aliphatic heterocycles. The molecule has 0 spiro atoms. The molecule has 0 unspecified atom stereocenters. The summed E-state index contributed by atoms with van der Waals surface area (Å²) in [5, 5.41) is 2.66. The number of nitrogens with one attached hydrogen (secondary N) is 1. The van der Waals surface area contributed by atoms with E-state index in [1.807, 2.05) is 0 Å². The van der Waals surface area contributed by atoms with Crippen molar-refractivity contribution >= 4 is 23.2 Å². The van der Waals surface area contributed by atoms with Crippen molar-refractivity contribution in [1.29, 1.82) is 0 Å². The fourth-order valence-corrected chi connectivity index (χ4v) is 3.04. The van der Waals surface area contributed by atoms with Crippen LogP contribution in [0.3, 0.4) is 0 Å². The van der Waals surface area contributed by atoms with Crippen LogP contribution in [0.4, 0.5) is 20.2 Å². The predicted octanol–water partition coefficient (Wildman–Crippen LogP) is 5.09. The molecule has 0 fully saturated rings. The van der Waals surface area contributed by atoms with E-state index >= 15 is 0 Å². The Hall–Kier alpha value is -3.54. The van der Waals surface area contributed by atoms with Crippen LogP contribution in [0.15, 0.2) is 72.8 Å². The van der Waals surface area contributed by atoms with Crippen LogP contribution in [-0.2, 0) is 22.6 Å².